The van der Waals surface area contributed by atoms with Crippen LogP contribution in [0.15, 0.2) is 58.9 Å². The molecular weight excluding hydrogens is 340 g/mol. The van der Waals surface area contributed by atoms with Gasteiger partial charge in [-0.3, -0.25) is 0 Å². The summed E-state index contributed by atoms with van der Waals surface area (Å²) in [4.78, 5) is 0.109. The standard InChI is InChI=1S/C17H20N4O3S/c1-11-17(18)21-15-8-13(4-7-16(15)24-11)10-20-9-12-2-5-14(6-3-12)25(19,22)23/h2-8,20-21H,9-10,18H2,1H3,(H2,19,22,23). The highest BCUT2D eigenvalue weighted by Gasteiger charge is 2.14. The summed E-state index contributed by atoms with van der Waals surface area (Å²) in [5, 5.41) is 11.5. The number of anilines is 1. The highest BCUT2D eigenvalue weighted by atomic mass is 32.2. The Morgan fingerprint density at radius 1 is 1.08 bits per heavy atom. The normalized spacial score (nSPS) is 13.8. The van der Waals surface area contributed by atoms with Crippen molar-refractivity contribution in [2.24, 2.45) is 10.9 Å². The fourth-order valence-corrected chi connectivity index (χ4v) is 2.99. The molecule has 0 amide bonds. The Kier molecular flexibility index (Phi) is 4.67. The topological polar surface area (TPSA) is 119 Å². The van der Waals surface area contributed by atoms with Crippen molar-refractivity contribution in [2.45, 2.75) is 24.9 Å². The van der Waals surface area contributed by atoms with Crippen LogP contribution in [-0.2, 0) is 23.1 Å². The van der Waals surface area contributed by atoms with Gasteiger partial charge in [0.25, 0.3) is 0 Å². The monoisotopic (exact) mass is 360 g/mol. The van der Waals surface area contributed by atoms with Crippen LogP contribution < -0.4 is 26.2 Å². The van der Waals surface area contributed by atoms with Gasteiger partial charge in [0.05, 0.1) is 10.6 Å². The van der Waals surface area contributed by atoms with Gasteiger partial charge < -0.3 is 21.1 Å². The molecule has 1 heterocycles. The van der Waals surface area contributed by atoms with Crippen molar-refractivity contribution < 1.29 is 13.2 Å². The molecular formula is C17H20N4O3S. The van der Waals surface area contributed by atoms with E-state index in [9.17, 15) is 8.42 Å². The summed E-state index contributed by atoms with van der Waals surface area (Å²) >= 11 is 0. The van der Waals surface area contributed by atoms with E-state index in [0.29, 0.717) is 24.7 Å². The van der Waals surface area contributed by atoms with Gasteiger partial charge in [-0.1, -0.05) is 18.2 Å². The van der Waals surface area contributed by atoms with Crippen LogP contribution in [-0.4, -0.2) is 8.42 Å². The lowest BCUT2D eigenvalue weighted by Gasteiger charge is -2.21. The molecule has 132 valence electrons. The first-order valence-corrected chi connectivity index (χ1v) is 9.24. The largest absolute Gasteiger partial charge is 0.456 e. The molecule has 0 aromatic heterocycles. The zero-order valence-corrected chi connectivity index (χ0v) is 14.6. The van der Waals surface area contributed by atoms with Crippen LogP contribution in [0.2, 0.25) is 0 Å². The van der Waals surface area contributed by atoms with E-state index in [-0.39, 0.29) is 4.90 Å². The van der Waals surface area contributed by atoms with E-state index in [1.807, 2.05) is 25.1 Å². The molecule has 6 N–H and O–H groups in total. The molecule has 2 aromatic carbocycles. The van der Waals surface area contributed by atoms with Crippen LogP contribution in [0, 0.1) is 0 Å². The molecule has 25 heavy (non-hydrogen) atoms. The van der Waals surface area contributed by atoms with Crippen LogP contribution in [0.5, 0.6) is 5.75 Å². The molecule has 0 bridgehead atoms. The number of allylic oxidation sites excluding steroid dienone is 1. The van der Waals surface area contributed by atoms with E-state index in [1.165, 1.54) is 12.1 Å². The summed E-state index contributed by atoms with van der Waals surface area (Å²) in [7, 11) is -3.65. The number of nitrogens with two attached hydrogens (primary N) is 2. The Morgan fingerprint density at radius 3 is 2.40 bits per heavy atom. The second kappa shape index (κ2) is 6.75. The number of fused-ring (bicyclic) bond motifs is 1. The number of primary sulfonamides is 1. The molecule has 3 rings (SSSR count). The van der Waals surface area contributed by atoms with Gasteiger partial charge in [-0.05, 0) is 42.3 Å². The summed E-state index contributed by atoms with van der Waals surface area (Å²) in [6, 6.07) is 12.3. The molecule has 1 aliphatic rings. The highest BCUT2D eigenvalue weighted by molar-refractivity contribution is 7.89. The third kappa shape index (κ3) is 4.11. The third-order valence-electron chi connectivity index (χ3n) is 3.87. The van der Waals surface area contributed by atoms with Crippen molar-refractivity contribution in [3.05, 3.63) is 65.2 Å². The van der Waals surface area contributed by atoms with E-state index >= 15 is 0 Å². The minimum atomic E-state index is -3.65. The van der Waals surface area contributed by atoms with E-state index in [2.05, 4.69) is 10.6 Å². The average molecular weight is 360 g/mol. The molecule has 7 nitrogen and oxygen atoms in total. The van der Waals surface area contributed by atoms with Gasteiger partial charge in [0.1, 0.15) is 11.6 Å². The minimum absolute atomic E-state index is 0.109. The fourth-order valence-electron chi connectivity index (χ4n) is 2.47. The maximum atomic E-state index is 11.2. The second-order valence-electron chi connectivity index (χ2n) is 5.82. The van der Waals surface area contributed by atoms with Gasteiger partial charge in [0, 0.05) is 13.1 Å². The Bertz CT molecular complexity index is 921. The molecule has 0 saturated carbocycles. The minimum Gasteiger partial charge on any atom is -0.456 e. The van der Waals surface area contributed by atoms with E-state index in [1.54, 1.807) is 12.1 Å². The zero-order valence-electron chi connectivity index (χ0n) is 13.7. The Balaban J connectivity index is 1.59. The lowest BCUT2D eigenvalue weighted by atomic mass is 10.1. The van der Waals surface area contributed by atoms with E-state index < -0.39 is 10.0 Å². The summed E-state index contributed by atoms with van der Waals surface area (Å²) in [6.45, 7) is 3.06. The van der Waals surface area contributed by atoms with Gasteiger partial charge in [-0.2, -0.15) is 0 Å². The SMILES string of the molecule is CC1=C(N)Nc2cc(CNCc3ccc(S(N)(=O)=O)cc3)ccc2O1. The molecule has 0 atom stereocenters. The predicted octanol–water partition coefficient (Wildman–Crippen LogP) is 1.58. The van der Waals surface area contributed by atoms with Crippen LogP contribution in [0.4, 0.5) is 5.69 Å². The maximum absolute atomic E-state index is 11.2. The summed E-state index contributed by atoms with van der Waals surface area (Å²) in [6.07, 6.45) is 0. The number of benzene rings is 2. The predicted molar refractivity (Wildman–Crippen MR) is 95.9 cm³/mol. The van der Waals surface area contributed by atoms with Crippen molar-refractivity contribution in [1.82, 2.24) is 5.32 Å². The zero-order chi connectivity index (χ0) is 18.0. The van der Waals surface area contributed by atoms with Gasteiger partial charge in [0.15, 0.2) is 5.75 Å². The Morgan fingerprint density at radius 2 is 1.72 bits per heavy atom. The van der Waals surface area contributed by atoms with Crippen LogP contribution in [0.3, 0.4) is 0 Å². The lowest BCUT2D eigenvalue weighted by molar-refractivity contribution is 0.415. The van der Waals surface area contributed by atoms with E-state index in [4.69, 9.17) is 15.6 Å². The molecule has 0 spiro atoms. The van der Waals surface area contributed by atoms with Crippen molar-refractivity contribution in [3.8, 4) is 5.75 Å². The number of hydrogen-bond donors (Lipinski definition) is 4. The van der Waals surface area contributed by atoms with Crippen molar-refractivity contribution in [2.75, 3.05) is 5.32 Å². The highest BCUT2D eigenvalue weighted by Crippen LogP contribution is 2.31. The molecule has 8 heteroatoms. The average Bonchev–Trinajstić information content (AvgIpc) is 2.56. The summed E-state index contributed by atoms with van der Waals surface area (Å²) in [5.74, 6) is 1.91. The molecule has 0 saturated heterocycles. The molecule has 0 fully saturated rings. The first kappa shape index (κ1) is 17.3. The van der Waals surface area contributed by atoms with Crippen molar-refractivity contribution in [3.63, 3.8) is 0 Å². The molecule has 0 unspecified atom stereocenters. The fraction of sp³-hybridized carbons (Fsp3) is 0.176. The quantitative estimate of drug-likeness (QED) is 0.643. The molecule has 2 aromatic rings. The number of nitrogens with one attached hydrogen (secondary N) is 2. The van der Waals surface area contributed by atoms with Crippen LogP contribution >= 0.6 is 0 Å². The van der Waals surface area contributed by atoms with E-state index in [0.717, 1.165) is 22.6 Å². The molecule has 0 radical (unpaired) electrons. The molecule has 1 aliphatic heterocycles. The number of ether oxygens (including phenoxy) is 1. The number of sulfonamides is 1. The first-order valence-electron chi connectivity index (χ1n) is 7.69. The van der Waals surface area contributed by atoms with Crippen LogP contribution in [0.1, 0.15) is 18.1 Å². The van der Waals surface area contributed by atoms with Gasteiger partial charge in [0.2, 0.25) is 10.0 Å². The Hall–Kier alpha value is -2.55. The maximum Gasteiger partial charge on any atom is 0.238 e. The van der Waals surface area contributed by atoms with Crippen LogP contribution in [0.25, 0.3) is 0 Å². The Labute approximate surface area is 146 Å². The number of hydrogen-bond acceptors (Lipinski definition) is 6. The lowest BCUT2D eigenvalue weighted by Crippen LogP contribution is -2.19. The van der Waals surface area contributed by atoms with Crippen molar-refractivity contribution in [1.29, 1.82) is 0 Å². The van der Waals surface area contributed by atoms with Gasteiger partial charge in [-0.15, -0.1) is 0 Å². The van der Waals surface area contributed by atoms with Gasteiger partial charge >= 0.3 is 0 Å². The summed E-state index contributed by atoms with van der Waals surface area (Å²) < 4.78 is 28.1. The molecule has 0 aliphatic carbocycles. The third-order valence-corrected chi connectivity index (χ3v) is 4.80. The summed E-state index contributed by atoms with van der Waals surface area (Å²) in [5.41, 5.74) is 8.71. The van der Waals surface area contributed by atoms with Gasteiger partial charge in [-0.25, -0.2) is 13.6 Å². The second-order valence-corrected chi connectivity index (χ2v) is 7.38. The number of rotatable bonds is 5. The first-order chi connectivity index (χ1) is 11.8. The van der Waals surface area contributed by atoms with Crippen molar-refractivity contribution >= 4 is 15.7 Å². The smallest absolute Gasteiger partial charge is 0.238 e.